The van der Waals surface area contributed by atoms with Gasteiger partial charge in [0.2, 0.25) is 5.91 Å². The summed E-state index contributed by atoms with van der Waals surface area (Å²) < 4.78 is 18.9. The lowest BCUT2D eigenvalue weighted by Crippen LogP contribution is -2.35. The van der Waals surface area contributed by atoms with Crippen LogP contribution >= 0.6 is 0 Å². The van der Waals surface area contributed by atoms with Gasteiger partial charge in [0.25, 0.3) is 5.91 Å². The average molecular weight is 410 g/mol. The molecule has 0 saturated heterocycles. The third kappa shape index (κ3) is 4.74. The summed E-state index contributed by atoms with van der Waals surface area (Å²) in [4.78, 5) is 38.3. The zero-order chi connectivity index (χ0) is 21.8. The molecule has 1 N–H and O–H groups in total. The Bertz CT molecular complexity index is 1020. The number of amides is 2. The highest BCUT2D eigenvalue weighted by Crippen LogP contribution is 2.33. The summed E-state index contributed by atoms with van der Waals surface area (Å²) in [6, 6.07) is 11.3. The summed E-state index contributed by atoms with van der Waals surface area (Å²) in [5.74, 6) is -1.83. The smallest absolute Gasteiger partial charge is 0.309 e. The van der Waals surface area contributed by atoms with Crippen LogP contribution in [0.15, 0.2) is 48.7 Å². The van der Waals surface area contributed by atoms with Crippen molar-refractivity contribution in [1.82, 2.24) is 4.90 Å². The summed E-state index contributed by atoms with van der Waals surface area (Å²) in [7, 11) is 0. The first-order chi connectivity index (χ1) is 14.3. The standard InChI is InChI=1S/C23H23FN2O4/c1-14-8-9-18(12-20(14)24)25-23(29)15(2)30-22(28)13-21-19-7-5-4-6-17(19)10-11-26(21)16(3)27/h4-12,15,21H,13H2,1-3H3,(H,25,29)/t15-,21-/m1/s1. The number of halogens is 1. The molecule has 0 aromatic heterocycles. The molecular formula is C23H23FN2O4. The van der Waals surface area contributed by atoms with Crippen LogP contribution in [0.4, 0.5) is 10.1 Å². The maximum atomic E-state index is 13.7. The van der Waals surface area contributed by atoms with Crippen LogP contribution in [0.25, 0.3) is 6.08 Å². The van der Waals surface area contributed by atoms with E-state index in [1.807, 2.05) is 30.3 Å². The summed E-state index contributed by atoms with van der Waals surface area (Å²) >= 11 is 0. The Morgan fingerprint density at radius 2 is 1.93 bits per heavy atom. The Morgan fingerprint density at radius 1 is 1.20 bits per heavy atom. The molecule has 0 spiro atoms. The van der Waals surface area contributed by atoms with Gasteiger partial charge in [-0.3, -0.25) is 14.4 Å². The van der Waals surface area contributed by atoms with Crippen LogP contribution in [0, 0.1) is 12.7 Å². The Hall–Kier alpha value is -3.48. The topological polar surface area (TPSA) is 75.7 Å². The van der Waals surface area contributed by atoms with Crippen molar-refractivity contribution in [3.05, 3.63) is 71.2 Å². The Kier molecular flexibility index (Phi) is 6.30. The zero-order valence-corrected chi connectivity index (χ0v) is 17.0. The van der Waals surface area contributed by atoms with E-state index < -0.39 is 29.8 Å². The van der Waals surface area contributed by atoms with Crippen LogP contribution < -0.4 is 5.32 Å². The van der Waals surface area contributed by atoms with E-state index in [1.54, 1.807) is 25.3 Å². The van der Waals surface area contributed by atoms with Crippen molar-refractivity contribution in [2.75, 3.05) is 5.32 Å². The molecule has 0 fully saturated rings. The molecule has 30 heavy (non-hydrogen) atoms. The Morgan fingerprint density at radius 3 is 2.63 bits per heavy atom. The third-order valence-electron chi connectivity index (χ3n) is 4.95. The second-order valence-electron chi connectivity index (χ2n) is 7.18. The van der Waals surface area contributed by atoms with Crippen LogP contribution in [-0.4, -0.2) is 28.8 Å². The monoisotopic (exact) mass is 410 g/mol. The molecule has 1 heterocycles. The van der Waals surface area contributed by atoms with Gasteiger partial charge < -0.3 is 15.0 Å². The van der Waals surface area contributed by atoms with Crippen LogP contribution in [0.1, 0.15) is 43.0 Å². The molecule has 0 unspecified atom stereocenters. The van der Waals surface area contributed by atoms with E-state index in [9.17, 15) is 18.8 Å². The van der Waals surface area contributed by atoms with Crippen molar-refractivity contribution >= 4 is 29.5 Å². The number of hydrogen-bond acceptors (Lipinski definition) is 4. The number of esters is 1. The van der Waals surface area contributed by atoms with E-state index in [2.05, 4.69) is 5.32 Å². The molecule has 2 aromatic rings. The van der Waals surface area contributed by atoms with Gasteiger partial charge in [-0.2, -0.15) is 0 Å². The summed E-state index contributed by atoms with van der Waals surface area (Å²) in [6.07, 6.45) is 2.28. The highest BCUT2D eigenvalue weighted by atomic mass is 19.1. The number of nitrogens with zero attached hydrogens (tertiary/aromatic N) is 1. The van der Waals surface area contributed by atoms with Crippen molar-refractivity contribution in [2.45, 2.75) is 39.3 Å². The predicted molar refractivity (Wildman–Crippen MR) is 111 cm³/mol. The van der Waals surface area contributed by atoms with Crippen molar-refractivity contribution in [2.24, 2.45) is 0 Å². The minimum Gasteiger partial charge on any atom is -0.452 e. The summed E-state index contributed by atoms with van der Waals surface area (Å²) in [5.41, 5.74) is 2.49. The molecule has 6 nitrogen and oxygen atoms in total. The molecule has 2 amide bonds. The number of rotatable bonds is 5. The number of ether oxygens (including phenoxy) is 1. The average Bonchev–Trinajstić information content (AvgIpc) is 2.70. The fourth-order valence-corrected chi connectivity index (χ4v) is 3.28. The molecule has 1 aliphatic heterocycles. The molecule has 156 valence electrons. The Balaban J connectivity index is 1.66. The lowest BCUT2D eigenvalue weighted by atomic mass is 9.94. The van der Waals surface area contributed by atoms with Gasteiger partial charge in [-0.1, -0.05) is 30.3 Å². The first kappa shape index (κ1) is 21.2. The van der Waals surface area contributed by atoms with E-state index in [0.717, 1.165) is 11.1 Å². The van der Waals surface area contributed by atoms with Crippen molar-refractivity contribution in [3.8, 4) is 0 Å². The van der Waals surface area contributed by atoms with Gasteiger partial charge in [0.15, 0.2) is 6.10 Å². The second-order valence-corrected chi connectivity index (χ2v) is 7.18. The molecule has 0 bridgehead atoms. The van der Waals surface area contributed by atoms with E-state index >= 15 is 0 Å². The highest BCUT2D eigenvalue weighted by Gasteiger charge is 2.30. The van der Waals surface area contributed by atoms with E-state index in [4.69, 9.17) is 4.74 Å². The molecule has 0 aliphatic carbocycles. The van der Waals surface area contributed by atoms with Crippen molar-refractivity contribution in [1.29, 1.82) is 0 Å². The van der Waals surface area contributed by atoms with Crippen molar-refractivity contribution in [3.63, 3.8) is 0 Å². The lowest BCUT2D eigenvalue weighted by Gasteiger charge is -2.32. The fourth-order valence-electron chi connectivity index (χ4n) is 3.28. The first-order valence-corrected chi connectivity index (χ1v) is 9.59. The van der Waals surface area contributed by atoms with Gasteiger partial charge in [0.1, 0.15) is 5.82 Å². The van der Waals surface area contributed by atoms with Crippen molar-refractivity contribution < 1.29 is 23.5 Å². The van der Waals surface area contributed by atoms with Gasteiger partial charge in [0.05, 0.1) is 12.5 Å². The molecule has 3 rings (SSSR count). The van der Waals surface area contributed by atoms with Crippen LogP contribution in [0.3, 0.4) is 0 Å². The normalized spacial score (nSPS) is 15.9. The number of anilines is 1. The Labute approximate surface area is 174 Å². The van der Waals surface area contributed by atoms with E-state index in [-0.39, 0.29) is 18.0 Å². The van der Waals surface area contributed by atoms with Crippen LogP contribution in [0.5, 0.6) is 0 Å². The van der Waals surface area contributed by atoms with E-state index in [0.29, 0.717) is 5.56 Å². The first-order valence-electron chi connectivity index (χ1n) is 9.59. The zero-order valence-electron chi connectivity index (χ0n) is 17.0. The minimum absolute atomic E-state index is 0.0995. The molecule has 0 radical (unpaired) electrons. The van der Waals surface area contributed by atoms with E-state index in [1.165, 1.54) is 24.8 Å². The molecule has 2 atom stereocenters. The maximum absolute atomic E-state index is 13.7. The number of benzene rings is 2. The van der Waals surface area contributed by atoms with Gasteiger partial charge in [-0.05, 0) is 48.7 Å². The number of hydrogen-bond donors (Lipinski definition) is 1. The summed E-state index contributed by atoms with van der Waals surface area (Å²) in [5, 5.41) is 2.53. The molecule has 0 saturated carbocycles. The summed E-state index contributed by atoms with van der Waals surface area (Å²) in [6.45, 7) is 4.48. The fraction of sp³-hybridized carbons (Fsp3) is 0.261. The van der Waals surface area contributed by atoms with Crippen LogP contribution in [0.2, 0.25) is 0 Å². The molecule has 7 heteroatoms. The number of aryl methyl sites for hydroxylation is 1. The van der Waals surface area contributed by atoms with Gasteiger partial charge in [0, 0.05) is 18.8 Å². The third-order valence-corrected chi connectivity index (χ3v) is 4.95. The van der Waals surface area contributed by atoms with Gasteiger partial charge in [-0.15, -0.1) is 0 Å². The maximum Gasteiger partial charge on any atom is 0.309 e. The highest BCUT2D eigenvalue weighted by molar-refractivity contribution is 5.95. The quantitative estimate of drug-likeness (QED) is 0.757. The second kappa shape index (κ2) is 8.90. The van der Waals surface area contributed by atoms with Gasteiger partial charge >= 0.3 is 5.97 Å². The predicted octanol–water partition coefficient (Wildman–Crippen LogP) is 3.97. The molecule has 2 aromatic carbocycles. The number of carbonyl (C=O) groups is 3. The molecular weight excluding hydrogens is 387 g/mol. The number of carbonyl (C=O) groups excluding carboxylic acids is 3. The number of nitrogens with one attached hydrogen (secondary N) is 1. The largest absolute Gasteiger partial charge is 0.452 e. The molecule has 1 aliphatic rings. The number of fused-ring (bicyclic) bond motifs is 1. The lowest BCUT2D eigenvalue weighted by molar-refractivity contribution is -0.154. The minimum atomic E-state index is -1.08. The SMILES string of the molecule is CC(=O)N1C=Cc2ccccc2[C@H]1CC(=O)O[C@H](C)C(=O)Nc1ccc(C)c(F)c1. The van der Waals surface area contributed by atoms with Crippen LogP contribution in [-0.2, 0) is 19.1 Å². The van der Waals surface area contributed by atoms with Gasteiger partial charge in [-0.25, -0.2) is 4.39 Å².